The highest BCUT2D eigenvalue weighted by atomic mass is 32.1. The van der Waals surface area contributed by atoms with Crippen LogP contribution >= 0.6 is 11.3 Å². The van der Waals surface area contributed by atoms with Crippen LogP contribution in [0.1, 0.15) is 35.5 Å². The highest BCUT2D eigenvalue weighted by Gasteiger charge is 2.20. The highest BCUT2D eigenvalue weighted by Crippen LogP contribution is 2.38. The van der Waals surface area contributed by atoms with Gasteiger partial charge in [0.2, 0.25) is 5.88 Å². The number of carbonyl (C=O) groups excluding carboxylic acids is 1. The van der Waals surface area contributed by atoms with Gasteiger partial charge in [-0.3, -0.25) is 4.79 Å². The van der Waals surface area contributed by atoms with Crippen LogP contribution in [-0.4, -0.2) is 22.5 Å². The summed E-state index contributed by atoms with van der Waals surface area (Å²) < 4.78 is 10.9. The Balaban J connectivity index is 1.47. The minimum absolute atomic E-state index is 0.0720. The summed E-state index contributed by atoms with van der Waals surface area (Å²) in [5.74, 6) is 1.02. The van der Waals surface area contributed by atoms with Gasteiger partial charge in [-0.2, -0.15) is 0 Å². The first-order valence-corrected chi connectivity index (χ1v) is 9.30. The number of hydrogen-bond acceptors (Lipinski definition) is 6. The number of ether oxygens (including phenoxy) is 1. The molecule has 7 heteroatoms. The molecule has 1 aliphatic carbocycles. The molecule has 130 valence electrons. The molecule has 1 N–H and O–H groups in total. The van der Waals surface area contributed by atoms with E-state index in [4.69, 9.17) is 9.15 Å². The molecule has 0 atom stereocenters. The quantitative estimate of drug-likeness (QED) is 0.709. The van der Waals surface area contributed by atoms with Gasteiger partial charge in [0.15, 0.2) is 6.61 Å². The summed E-state index contributed by atoms with van der Waals surface area (Å²) in [4.78, 5) is 23.0. The first-order valence-electron chi connectivity index (χ1n) is 8.48. The van der Waals surface area contributed by atoms with Crippen molar-refractivity contribution in [1.29, 1.82) is 0 Å². The van der Waals surface area contributed by atoms with Gasteiger partial charge in [0.1, 0.15) is 16.9 Å². The van der Waals surface area contributed by atoms with Crippen molar-refractivity contribution in [2.45, 2.75) is 38.6 Å². The summed E-state index contributed by atoms with van der Waals surface area (Å²) in [5.41, 5.74) is 1.31. The lowest BCUT2D eigenvalue weighted by Crippen LogP contribution is -2.28. The number of fused-ring (bicyclic) bond motifs is 3. The van der Waals surface area contributed by atoms with Crippen molar-refractivity contribution in [2.24, 2.45) is 0 Å². The third-order valence-electron chi connectivity index (χ3n) is 4.35. The highest BCUT2D eigenvalue weighted by molar-refractivity contribution is 7.18. The lowest BCUT2D eigenvalue weighted by molar-refractivity contribution is -0.123. The molecule has 0 aromatic carbocycles. The van der Waals surface area contributed by atoms with E-state index in [0.29, 0.717) is 18.2 Å². The second-order valence-corrected chi connectivity index (χ2v) is 7.15. The number of thiophene rings is 1. The Morgan fingerprint density at radius 2 is 2.20 bits per heavy atom. The maximum absolute atomic E-state index is 12.0. The van der Waals surface area contributed by atoms with Gasteiger partial charge in [-0.15, -0.1) is 11.3 Å². The molecule has 0 saturated heterocycles. The van der Waals surface area contributed by atoms with Gasteiger partial charge < -0.3 is 14.5 Å². The van der Waals surface area contributed by atoms with E-state index in [-0.39, 0.29) is 12.5 Å². The molecule has 6 nitrogen and oxygen atoms in total. The van der Waals surface area contributed by atoms with Gasteiger partial charge in [0.05, 0.1) is 18.2 Å². The van der Waals surface area contributed by atoms with Gasteiger partial charge >= 0.3 is 0 Å². The Bertz CT molecular complexity index is 873. The van der Waals surface area contributed by atoms with Crippen LogP contribution in [0.3, 0.4) is 0 Å². The van der Waals surface area contributed by atoms with Crippen molar-refractivity contribution < 1.29 is 13.9 Å². The van der Waals surface area contributed by atoms with E-state index in [2.05, 4.69) is 15.3 Å². The van der Waals surface area contributed by atoms with Crippen molar-refractivity contribution in [2.75, 3.05) is 6.61 Å². The Morgan fingerprint density at radius 1 is 1.28 bits per heavy atom. The van der Waals surface area contributed by atoms with Crippen molar-refractivity contribution in [3.8, 4) is 5.88 Å². The third kappa shape index (κ3) is 3.51. The number of aromatic nitrogens is 2. The first kappa shape index (κ1) is 16.1. The number of nitrogens with one attached hydrogen (secondary N) is 1. The maximum Gasteiger partial charge on any atom is 0.258 e. The van der Waals surface area contributed by atoms with Gasteiger partial charge in [-0.1, -0.05) is 6.42 Å². The largest absolute Gasteiger partial charge is 0.467 e. The molecule has 25 heavy (non-hydrogen) atoms. The number of amides is 1. The number of rotatable bonds is 5. The monoisotopic (exact) mass is 357 g/mol. The lowest BCUT2D eigenvalue weighted by Gasteiger charge is -2.08. The topological polar surface area (TPSA) is 77.2 Å². The Morgan fingerprint density at radius 3 is 3.08 bits per heavy atom. The van der Waals surface area contributed by atoms with E-state index in [9.17, 15) is 4.79 Å². The van der Waals surface area contributed by atoms with Crippen LogP contribution in [0.5, 0.6) is 5.88 Å². The minimum atomic E-state index is -0.204. The molecule has 0 unspecified atom stereocenters. The van der Waals surface area contributed by atoms with E-state index in [1.165, 1.54) is 36.0 Å². The van der Waals surface area contributed by atoms with Crippen LogP contribution in [0.4, 0.5) is 0 Å². The molecule has 0 saturated carbocycles. The maximum atomic E-state index is 12.0. The van der Waals surface area contributed by atoms with E-state index in [1.807, 2.05) is 6.07 Å². The molecule has 0 bridgehead atoms. The molecule has 4 rings (SSSR count). The summed E-state index contributed by atoms with van der Waals surface area (Å²) in [6, 6.07) is 3.60. The fourth-order valence-electron chi connectivity index (χ4n) is 3.13. The zero-order valence-electron chi connectivity index (χ0n) is 13.8. The second kappa shape index (κ2) is 7.23. The molecule has 3 heterocycles. The summed E-state index contributed by atoms with van der Waals surface area (Å²) in [5, 5.41) is 3.76. The fraction of sp³-hybridized carbons (Fsp3) is 0.389. The summed E-state index contributed by atoms with van der Waals surface area (Å²) >= 11 is 1.73. The van der Waals surface area contributed by atoms with Gasteiger partial charge in [-0.05, 0) is 43.4 Å². The molecule has 1 amide bonds. The standard InChI is InChI=1S/C18H19N3O3S/c22-15(19-9-12-5-4-8-23-12)10-24-17-16-13-6-2-1-3-7-14(13)25-18(16)21-11-20-17/h4-5,8,11H,1-3,6-7,9-10H2,(H,19,22). The third-order valence-corrected chi connectivity index (χ3v) is 5.55. The van der Waals surface area contributed by atoms with Crippen molar-refractivity contribution >= 4 is 27.5 Å². The Hall–Kier alpha value is -2.41. The molecule has 0 fully saturated rings. The predicted octanol–water partition coefficient (Wildman–Crippen LogP) is 3.25. The number of hydrogen-bond donors (Lipinski definition) is 1. The Labute approximate surface area is 149 Å². The van der Waals surface area contributed by atoms with E-state index < -0.39 is 0 Å². The van der Waals surface area contributed by atoms with Crippen LogP contribution in [-0.2, 0) is 24.2 Å². The second-order valence-electron chi connectivity index (χ2n) is 6.07. The average Bonchev–Trinajstić information content (AvgIpc) is 3.21. The SMILES string of the molecule is O=C(COc1ncnc2sc3c(c12)CCCCC3)NCc1ccco1. The van der Waals surface area contributed by atoms with Crippen LogP contribution in [0, 0.1) is 0 Å². The fourth-order valence-corrected chi connectivity index (χ4v) is 4.35. The lowest BCUT2D eigenvalue weighted by atomic mass is 10.1. The summed E-state index contributed by atoms with van der Waals surface area (Å²) in [6.07, 6.45) is 8.87. The van der Waals surface area contributed by atoms with Crippen molar-refractivity contribution in [3.63, 3.8) is 0 Å². The van der Waals surface area contributed by atoms with Crippen LogP contribution in [0.25, 0.3) is 10.2 Å². The molecular weight excluding hydrogens is 338 g/mol. The van der Waals surface area contributed by atoms with E-state index in [1.54, 1.807) is 23.7 Å². The summed E-state index contributed by atoms with van der Waals surface area (Å²) in [6.45, 7) is 0.277. The number of carbonyl (C=O) groups is 1. The minimum Gasteiger partial charge on any atom is -0.467 e. The van der Waals surface area contributed by atoms with Crippen LogP contribution < -0.4 is 10.1 Å². The molecular formula is C18H19N3O3S. The van der Waals surface area contributed by atoms with Gasteiger partial charge in [0, 0.05) is 4.88 Å². The number of furan rings is 1. The number of aryl methyl sites for hydroxylation is 2. The first-order chi connectivity index (χ1) is 12.3. The van der Waals surface area contributed by atoms with Gasteiger partial charge in [-0.25, -0.2) is 9.97 Å². The molecule has 3 aromatic heterocycles. The molecule has 1 aliphatic rings. The van der Waals surface area contributed by atoms with Gasteiger partial charge in [0.25, 0.3) is 5.91 Å². The average molecular weight is 357 g/mol. The van der Waals surface area contributed by atoms with Crippen LogP contribution in [0.2, 0.25) is 0 Å². The smallest absolute Gasteiger partial charge is 0.258 e. The number of nitrogens with zero attached hydrogens (tertiary/aromatic N) is 2. The zero-order valence-corrected chi connectivity index (χ0v) is 14.6. The molecule has 0 aliphatic heterocycles. The van der Waals surface area contributed by atoms with E-state index in [0.717, 1.165) is 23.1 Å². The summed E-state index contributed by atoms with van der Waals surface area (Å²) in [7, 11) is 0. The Kier molecular flexibility index (Phi) is 4.65. The zero-order chi connectivity index (χ0) is 17.1. The van der Waals surface area contributed by atoms with E-state index >= 15 is 0 Å². The molecule has 0 spiro atoms. The van der Waals surface area contributed by atoms with Crippen LogP contribution in [0.15, 0.2) is 29.1 Å². The normalized spacial score (nSPS) is 14.1. The molecule has 0 radical (unpaired) electrons. The van der Waals surface area contributed by atoms with Crippen molar-refractivity contribution in [1.82, 2.24) is 15.3 Å². The predicted molar refractivity (Wildman–Crippen MR) is 94.7 cm³/mol. The molecule has 3 aromatic rings. The van der Waals surface area contributed by atoms with Crippen molar-refractivity contribution in [3.05, 3.63) is 40.9 Å².